The van der Waals surface area contributed by atoms with Crippen LogP contribution in [-0.2, 0) is 4.74 Å². The molecule has 2 aromatic carbocycles. The van der Waals surface area contributed by atoms with Gasteiger partial charge in [0.05, 0.1) is 25.5 Å². The molecule has 0 amide bonds. The van der Waals surface area contributed by atoms with Gasteiger partial charge in [-0.15, -0.1) is 0 Å². The first kappa shape index (κ1) is 18.6. The normalized spacial score (nSPS) is 14.1. The maximum Gasteiger partial charge on any atom is 0.344 e. The highest BCUT2D eigenvalue weighted by Gasteiger charge is 2.29. The highest BCUT2D eigenvalue weighted by Crippen LogP contribution is 2.39. The summed E-state index contributed by atoms with van der Waals surface area (Å²) < 4.78 is 16.0. The predicted molar refractivity (Wildman–Crippen MR) is 105 cm³/mol. The number of phenols is 1. The molecular formula is C21H23NO5. The van der Waals surface area contributed by atoms with E-state index in [0.29, 0.717) is 28.4 Å². The summed E-state index contributed by atoms with van der Waals surface area (Å²) in [7, 11) is 3.06. The molecule has 0 unspecified atom stereocenters. The Bertz CT molecular complexity index is 900. The van der Waals surface area contributed by atoms with Gasteiger partial charge in [-0.25, -0.2) is 4.79 Å². The third-order valence-corrected chi connectivity index (χ3v) is 4.61. The number of carbonyl (C=O) groups excluding carboxylic acids is 1. The largest absolute Gasteiger partial charge is 0.506 e. The molecule has 0 saturated heterocycles. The molecule has 0 spiro atoms. The Morgan fingerprint density at radius 3 is 2.26 bits per heavy atom. The van der Waals surface area contributed by atoms with Crippen LogP contribution in [0.25, 0.3) is 11.8 Å². The summed E-state index contributed by atoms with van der Waals surface area (Å²) in [6.07, 6.45) is 1.78. The number of carbonyl (C=O) groups is 1. The molecule has 0 atom stereocenters. The van der Waals surface area contributed by atoms with E-state index in [-0.39, 0.29) is 5.75 Å². The number of methoxy groups -OCH3 is 2. The molecular weight excluding hydrogens is 346 g/mol. The number of esters is 1. The lowest BCUT2D eigenvalue weighted by molar-refractivity contribution is 0.0717. The summed E-state index contributed by atoms with van der Waals surface area (Å²) in [5, 5.41) is 10.2. The number of hydrogen-bond donors (Lipinski definition) is 1. The summed E-state index contributed by atoms with van der Waals surface area (Å²) in [4.78, 5) is 14.3. The molecule has 0 bridgehead atoms. The Morgan fingerprint density at radius 1 is 1.04 bits per heavy atom. The lowest BCUT2D eigenvalue weighted by Crippen LogP contribution is -2.21. The first-order valence-corrected chi connectivity index (χ1v) is 8.80. The summed E-state index contributed by atoms with van der Waals surface area (Å²) in [5.74, 6) is 1.22. The number of aromatic hydroxyl groups is 1. The number of benzene rings is 2. The van der Waals surface area contributed by atoms with Crippen LogP contribution < -0.4 is 14.4 Å². The summed E-state index contributed by atoms with van der Waals surface area (Å²) in [5.41, 5.74) is 2.64. The van der Waals surface area contributed by atoms with Gasteiger partial charge in [-0.3, -0.25) is 0 Å². The molecule has 1 N–H and O–H groups in total. The summed E-state index contributed by atoms with van der Waals surface area (Å²) in [6, 6.07) is 8.66. The number of phenolic OH excluding ortho intramolecular Hbond substituents is 1. The second kappa shape index (κ2) is 7.61. The lowest BCUT2D eigenvalue weighted by Gasteiger charge is -2.22. The summed E-state index contributed by atoms with van der Waals surface area (Å²) >= 11 is 0. The van der Waals surface area contributed by atoms with Gasteiger partial charge in [0, 0.05) is 18.7 Å². The fourth-order valence-electron chi connectivity index (χ4n) is 3.17. The topological polar surface area (TPSA) is 68.2 Å². The third kappa shape index (κ3) is 3.43. The van der Waals surface area contributed by atoms with Crippen molar-refractivity contribution in [3.05, 3.63) is 47.0 Å². The predicted octanol–water partition coefficient (Wildman–Crippen LogP) is 3.92. The Morgan fingerprint density at radius 2 is 1.67 bits per heavy atom. The van der Waals surface area contributed by atoms with Crippen LogP contribution in [-0.4, -0.2) is 38.4 Å². The molecule has 1 aliphatic rings. The molecule has 1 aliphatic heterocycles. The second-order valence-electron chi connectivity index (χ2n) is 6.07. The Hall–Kier alpha value is -3.15. The first-order chi connectivity index (χ1) is 13.0. The SMILES string of the molecule is CCN(CC)c1cc(/C=C2\OC(=O)c3cc(OC)c(OC)cc32)ccc1O. The number of anilines is 1. The zero-order valence-electron chi connectivity index (χ0n) is 15.9. The number of fused-ring (bicyclic) bond motifs is 1. The molecule has 0 aromatic heterocycles. The van der Waals surface area contributed by atoms with Crippen molar-refractivity contribution in [2.24, 2.45) is 0 Å². The van der Waals surface area contributed by atoms with Crippen LogP contribution in [0, 0.1) is 0 Å². The van der Waals surface area contributed by atoms with E-state index in [2.05, 4.69) is 4.90 Å². The highest BCUT2D eigenvalue weighted by atomic mass is 16.5. The molecule has 0 aliphatic carbocycles. The minimum atomic E-state index is -0.431. The van der Waals surface area contributed by atoms with Crippen molar-refractivity contribution in [2.45, 2.75) is 13.8 Å². The number of cyclic esters (lactones) is 1. The molecule has 3 rings (SSSR count). The minimum Gasteiger partial charge on any atom is -0.506 e. The number of rotatable bonds is 6. The molecule has 0 radical (unpaired) electrons. The Labute approximate surface area is 158 Å². The van der Waals surface area contributed by atoms with E-state index in [4.69, 9.17) is 14.2 Å². The molecule has 0 saturated carbocycles. The Kier molecular flexibility index (Phi) is 5.26. The average Bonchev–Trinajstić information content (AvgIpc) is 2.98. The Balaban J connectivity index is 2.06. The highest BCUT2D eigenvalue weighted by molar-refractivity contribution is 6.06. The molecule has 27 heavy (non-hydrogen) atoms. The maximum absolute atomic E-state index is 12.2. The number of ether oxygens (including phenoxy) is 3. The number of nitrogens with zero attached hydrogens (tertiary/aromatic N) is 1. The van der Waals surface area contributed by atoms with Gasteiger partial charge < -0.3 is 24.2 Å². The van der Waals surface area contributed by atoms with Crippen molar-refractivity contribution in [1.29, 1.82) is 0 Å². The molecule has 2 aromatic rings. The van der Waals surface area contributed by atoms with Gasteiger partial charge in [-0.1, -0.05) is 6.07 Å². The van der Waals surface area contributed by atoms with Crippen LogP contribution in [0.3, 0.4) is 0 Å². The zero-order chi connectivity index (χ0) is 19.6. The maximum atomic E-state index is 12.2. The zero-order valence-corrected chi connectivity index (χ0v) is 15.9. The molecule has 6 heteroatoms. The van der Waals surface area contributed by atoms with Crippen molar-refractivity contribution >= 4 is 23.5 Å². The molecule has 6 nitrogen and oxygen atoms in total. The average molecular weight is 369 g/mol. The van der Waals surface area contributed by atoms with E-state index < -0.39 is 5.97 Å². The lowest BCUT2D eigenvalue weighted by atomic mass is 10.0. The standard InChI is InChI=1S/C21H23NO5/c1-5-22(6-2)16-9-13(7-8-17(16)23)10-18-14-11-19(25-3)20(26-4)12-15(14)21(24)27-18/h7-12,23H,5-6H2,1-4H3/b18-10-. The van der Waals surface area contributed by atoms with Gasteiger partial charge in [0.15, 0.2) is 11.5 Å². The van der Waals surface area contributed by atoms with Crippen molar-refractivity contribution in [3.63, 3.8) is 0 Å². The van der Waals surface area contributed by atoms with Crippen LogP contribution in [0.2, 0.25) is 0 Å². The van der Waals surface area contributed by atoms with Gasteiger partial charge in [-0.2, -0.15) is 0 Å². The van der Waals surface area contributed by atoms with Crippen LogP contribution in [0.1, 0.15) is 35.3 Å². The van der Waals surface area contributed by atoms with Gasteiger partial charge in [0.25, 0.3) is 0 Å². The van der Waals surface area contributed by atoms with Crippen LogP contribution in [0.5, 0.6) is 17.2 Å². The van der Waals surface area contributed by atoms with Crippen molar-refractivity contribution in [2.75, 3.05) is 32.2 Å². The monoisotopic (exact) mass is 369 g/mol. The van der Waals surface area contributed by atoms with Gasteiger partial charge in [-0.05, 0) is 49.8 Å². The third-order valence-electron chi connectivity index (χ3n) is 4.61. The number of hydrogen-bond acceptors (Lipinski definition) is 6. The van der Waals surface area contributed by atoms with E-state index in [9.17, 15) is 9.90 Å². The van der Waals surface area contributed by atoms with Gasteiger partial charge >= 0.3 is 5.97 Å². The second-order valence-corrected chi connectivity index (χ2v) is 6.07. The van der Waals surface area contributed by atoms with E-state index >= 15 is 0 Å². The van der Waals surface area contributed by atoms with E-state index in [1.54, 1.807) is 37.5 Å². The van der Waals surface area contributed by atoms with E-state index in [1.165, 1.54) is 7.11 Å². The first-order valence-electron chi connectivity index (χ1n) is 8.80. The summed E-state index contributed by atoms with van der Waals surface area (Å²) in [6.45, 7) is 5.61. The fraction of sp³-hybridized carbons (Fsp3) is 0.286. The van der Waals surface area contributed by atoms with Crippen LogP contribution >= 0.6 is 0 Å². The van der Waals surface area contributed by atoms with E-state index in [0.717, 1.165) is 24.3 Å². The van der Waals surface area contributed by atoms with Crippen molar-refractivity contribution in [1.82, 2.24) is 0 Å². The quantitative estimate of drug-likeness (QED) is 0.779. The van der Waals surface area contributed by atoms with Crippen LogP contribution in [0.4, 0.5) is 5.69 Å². The molecule has 0 fully saturated rings. The molecule has 142 valence electrons. The smallest absolute Gasteiger partial charge is 0.344 e. The van der Waals surface area contributed by atoms with Crippen molar-refractivity contribution < 1.29 is 24.1 Å². The molecule has 1 heterocycles. The van der Waals surface area contributed by atoms with Gasteiger partial charge in [0.2, 0.25) is 0 Å². The van der Waals surface area contributed by atoms with Crippen molar-refractivity contribution in [3.8, 4) is 17.2 Å². The van der Waals surface area contributed by atoms with Crippen LogP contribution in [0.15, 0.2) is 30.3 Å². The van der Waals surface area contributed by atoms with Gasteiger partial charge in [0.1, 0.15) is 11.5 Å². The fourth-order valence-corrected chi connectivity index (χ4v) is 3.17. The minimum absolute atomic E-state index is 0.219. The van der Waals surface area contributed by atoms with E-state index in [1.807, 2.05) is 19.9 Å².